The molecule has 1 aliphatic rings. The summed E-state index contributed by atoms with van der Waals surface area (Å²) in [6, 6.07) is 3.74. The number of rotatable bonds is 4. The van der Waals surface area contributed by atoms with Crippen LogP contribution in [0, 0.1) is 0 Å². The van der Waals surface area contributed by atoms with Crippen LogP contribution in [0.25, 0.3) is 0 Å². The van der Waals surface area contributed by atoms with Gasteiger partial charge in [0, 0.05) is 25.4 Å². The lowest BCUT2D eigenvalue weighted by molar-refractivity contribution is 0.0702. The molecule has 0 radical (unpaired) electrons. The summed E-state index contributed by atoms with van der Waals surface area (Å²) in [5, 5.41) is 8.31. The molecule has 1 unspecified atom stereocenters. The third-order valence-corrected chi connectivity index (χ3v) is 4.22. The highest BCUT2D eigenvalue weighted by Crippen LogP contribution is 2.34. The van der Waals surface area contributed by atoms with Crippen molar-refractivity contribution in [1.82, 2.24) is 19.8 Å². The molecule has 1 saturated heterocycles. The van der Waals surface area contributed by atoms with Crippen LogP contribution in [0.2, 0.25) is 0 Å². The summed E-state index contributed by atoms with van der Waals surface area (Å²) in [6.45, 7) is 7.58. The Labute approximate surface area is 130 Å². The molecule has 3 rings (SSSR count). The molecule has 1 fully saturated rings. The molecule has 6 nitrogen and oxygen atoms in total. The summed E-state index contributed by atoms with van der Waals surface area (Å²) in [4.78, 5) is 14.7. The smallest absolute Gasteiger partial charge is 0.272 e. The fraction of sp³-hybridized carbons (Fsp3) is 0.562. The van der Waals surface area contributed by atoms with Gasteiger partial charge in [0.25, 0.3) is 5.91 Å². The van der Waals surface area contributed by atoms with Gasteiger partial charge in [-0.1, -0.05) is 19.0 Å². The molecule has 2 aromatic heterocycles. The Kier molecular flexibility index (Phi) is 4.00. The molecule has 0 N–H and O–H groups in total. The predicted octanol–water partition coefficient (Wildman–Crippen LogP) is 2.99. The summed E-state index contributed by atoms with van der Waals surface area (Å²) < 4.78 is 7.23. The normalized spacial score (nSPS) is 18.4. The van der Waals surface area contributed by atoms with Crippen LogP contribution in [0.15, 0.2) is 22.9 Å². The highest BCUT2D eigenvalue weighted by Gasteiger charge is 2.34. The molecular formula is C16H22N4O2. The molecule has 6 heteroatoms. The van der Waals surface area contributed by atoms with E-state index in [9.17, 15) is 4.79 Å². The summed E-state index contributed by atoms with van der Waals surface area (Å²) in [5.74, 6) is 1.13. The van der Waals surface area contributed by atoms with Crippen LogP contribution in [0.1, 0.15) is 67.5 Å². The number of carbonyl (C=O) groups excluding carboxylic acids is 1. The highest BCUT2D eigenvalue weighted by molar-refractivity contribution is 5.93. The Bertz CT molecular complexity index is 659. The third kappa shape index (κ3) is 2.53. The van der Waals surface area contributed by atoms with Crippen LogP contribution in [0.5, 0.6) is 0 Å². The first-order valence-corrected chi connectivity index (χ1v) is 7.91. The molecule has 0 saturated carbocycles. The molecule has 0 aliphatic carbocycles. The van der Waals surface area contributed by atoms with Crippen molar-refractivity contribution in [3.63, 3.8) is 0 Å². The topological polar surface area (TPSA) is 64.2 Å². The van der Waals surface area contributed by atoms with Crippen molar-refractivity contribution in [3.05, 3.63) is 35.5 Å². The van der Waals surface area contributed by atoms with E-state index in [1.807, 2.05) is 17.9 Å². The van der Waals surface area contributed by atoms with Crippen LogP contribution in [-0.4, -0.2) is 32.3 Å². The number of carbonyl (C=O) groups is 1. The first-order chi connectivity index (χ1) is 10.6. The second kappa shape index (κ2) is 5.94. The standard InChI is InChI=1S/C16H22N4O2/c1-4-20-14(7-8-17-20)16(21)19-9-5-6-13(19)15-10-12(11(2)3)18-22-15/h7-8,10-11,13H,4-6,9H2,1-3H3. The van der Waals surface area contributed by atoms with Gasteiger partial charge in [0.2, 0.25) is 0 Å². The zero-order valence-corrected chi connectivity index (χ0v) is 13.3. The van der Waals surface area contributed by atoms with Gasteiger partial charge in [0.05, 0.1) is 11.7 Å². The lowest BCUT2D eigenvalue weighted by Crippen LogP contribution is -2.32. The zero-order valence-electron chi connectivity index (χ0n) is 13.3. The molecule has 1 aliphatic heterocycles. The van der Waals surface area contributed by atoms with Crippen molar-refractivity contribution in [3.8, 4) is 0 Å². The fourth-order valence-corrected chi connectivity index (χ4v) is 2.95. The van der Waals surface area contributed by atoms with Gasteiger partial charge in [0.1, 0.15) is 5.69 Å². The van der Waals surface area contributed by atoms with Gasteiger partial charge in [-0.2, -0.15) is 5.10 Å². The minimum atomic E-state index is -0.0206. The van der Waals surface area contributed by atoms with E-state index in [1.54, 1.807) is 16.9 Å². The van der Waals surface area contributed by atoms with Crippen LogP contribution >= 0.6 is 0 Å². The van der Waals surface area contributed by atoms with Crippen molar-refractivity contribution in [2.45, 2.75) is 52.1 Å². The van der Waals surface area contributed by atoms with Crippen molar-refractivity contribution < 1.29 is 9.32 Å². The summed E-state index contributed by atoms with van der Waals surface area (Å²) in [6.07, 6.45) is 3.57. The number of hydrogen-bond donors (Lipinski definition) is 0. The Hall–Kier alpha value is -2.11. The van der Waals surface area contributed by atoms with E-state index in [0.717, 1.165) is 30.8 Å². The summed E-state index contributed by atoms with van der Waals surface area (Å²) in [7, 11) is 0. The highest BCUT2D eigenvalue weighted by atomic mass is 16.5. The van der Waals surface area contributed by atoms with E-state index in [0.29, 0.717) is 18.2 Å². The summed E-state index contributed by atoms with van der Waals surface area (Å²) in [5.41, 5.74) is 1.57. The zero-order chi connectivity index (χ0) is 15.7. The molecular weight excluding hydrogens is 280 g/mol. The van der Waals surface area contributed by atoms with Crippen LogP contribution in [-0.2, 0) is 6.54 Å². The van der Waals surface area contributed by atoms with Gasteiger partial charge in [0.15, 0.2) is 5.76 Å². The number of amides is 1. The number of aryl methyl sites for hydroxylation is 1. The van der Waals surface area contributed by atoms with Gasteiger partial charge >= 0.3 is 0 Å². The Morgan fingerprint density at radius 1 is 1.50 bits per heavy atom. The Morgan fingerprint density at radius 2 is 2.32 bits per heavy atom. The van der Waals surface area contributed by atoms with Gasteiger partial charge in [-0.3, -0.25) is 9.48 Å². The Balaban J connectivity index is 1.85. The van der Waals surface area contributed by atoms with Crippen LogP contribution in [0.3, 0.4) is 0 Å². The van der Waals surface area contributed by atoms with E-state index in [4.69, 9.17) is 4.52 Å². The Morgan fingerprint density at radius 3 is 3.00 bits per heavy atom. The van der Waals surface area contributed by atoms with Crippen LogP contribution < -0.4 is 0 Å². The largest absolute Gasteiger partial charge is 0.359 e. The molecule has 22 heavy (non-hydrogen) atoms. The maximum absolute atomic E-state index is 12.8. The monoisotopic (exact) mass is 302 g/mol. The average Bonchev–Trinajstić information content (AvgIpc) is 3.23. The maximum Gasteiger partial charge on any atom is 0.272 e. The van der Waals surface area contributed by atoms with Crippen LogP contribution in [0.4, 0.5) is 0 Å². The molecule has 0 bridgehead atoms. The number of hydrogen-bond acceptors (Lipinski definition) is 4. The fourth-order valence-electron chi connectivity index (χ4n) is 2.95. The first kappa shape index (κ1) is 14.8. The van der Waals surface area contributed by atoms with Gasteiger partial charge in [-0.25, -0.2) is 0 Å². The lowest BCUT2D eigenvalue weighted by atomic mass is 10.1. The van der Waals surface area contributed by atoms with Crippen molar-refractivity contribution in [2.75, 3.05) is 6.54 Å². The minimum Gasteiger partial charge on any atom is -0.359 e. The average molecular weight is 302 g/mol. The second-order valence-corrected chi connectivity index (χ2v) is 6.00. The number of likely N-dealkylation sites (tertiary alicyclic amines) is 1. The van der Waals surface area contributed by atoms with Crippen molar-refractivity contribution in [1.29, 1.82) is 0 Å². The van der Waals surface area contributed by atoms with E-state index in [-0.39, 0.29) is 11.9 Å². The second-order valence-electron chi connectivity index (χ2n) is 6.00. The maximum atomic E-state index is 12.8. The first-order valence-electron chi connectivity index (χ1n) is 7.91. The molecule has 0 spiro atoms. The molecule has 1 atom stereocenters. The molecule has 3 heterocycles. The van der Waals surface area contributed by atoms with E-state index in [2.05, 4.69) is 24.1 Å². The van der Waals surface area contributed by atoms with E-state index < -0.39 is 0 Å². The number of aromatic nitrogens is 3. The number of nitrogens with zero attached hydrogens (tertiary/aromatic N) is 4. The third-order valence-electron chi connectivity index (χ3n) is 4.22. The van der Waals surface area contributed by atoms with Gasteiger partial charge in [-0.15, -0.1) is 0 Å². The van der Waals surface area contributed by atoms with Crippen molar-refractivity contribution >= 4 is 5.91 Å². The SMILES string of the molecule is CCn1nccc1C(=O)N1CCCC1c1cc(C(C)C)no1. The molecule has 2 aromatic rings. The van der Waals surface area contributed by atoms with E-state index in [1.165, 1.54) is 0 Å². The molecule has 1 amide bonds. The minimum absolute atomic E-state index is 0.0179. The predicted molar refractivity (Wildman–Crippen MR) is 81.5 cm³/mol. The molecule has 118 valence electrons. The van der Waals surface area contributed by atoms with Gasteiger partial charge < -0.3 is 9.42 Å². The molecule has 0 aromatic carbocycles. The van der Waals surface area contributed by atoms with Crippen molar-refractivity contribution in [2.24, 2.45) is 0 Å². The quantitative estimate of drug-likeness (QED) is 0.871. The lowest BCUT2D eigenvalue weighted by Gasteiger charge is -2.22. The van der Waals surface area contributed by atoms with Gasteiger partial charge in [-0.05, 0) is 31.7 Å². The summed E-state index contributed by atoms with van der Waals surface area (Å²) >= 11 is 0. The van der Waals surface area contributed by atoms with E-state index >= 15 is 0 Å².